The highest BCUT2D eigenvalue weighted by atomic mass is 79.9. The number of hydrogen-bond donors (Lipinski definition) is 0. The lowest BCUT2D eigenvalue weighted by Crippen LogP contribution is -2.39. The maximum Gasteiger partial charge on any atom is 0.319 e. The molecule has 0 unspecified atom stereocenters. The van der Waals surface area contributed by atoms with Gasteiger partial charge < -0.3 is 0 Å². The van der Waals surface area contributed by atoms with E-state index in [0.29, 0.717) is 0 Å². The normalized spacial score (nSPS) is 13.1. The largest absolute Gasteiger partial charge is 0.319 e. The number of nitrogens with zero attached hydrogens (tertiary/aromatic N) is 4. The predicted molar refractivity (Wildman–Crippen MR) is 117 cm³/mol. The van der Waals surface area contributed by atoms with Gasteiger partial charge in [0.15, 0.2) is 5.69 Å². The summed E-state index contributed by atoms with van der Waals surface area (Å²) in [7, 11) is 1.94. The Morgan fingerprint density at radius 3 is 2.48 bits per heavy atom. The van der Waals surface area contributed by atoms with Crippen LogP contribution in [0.15, 0.2) is 70.1 Å². The van der Waals surface area contributed by atoms with Crippen molar-refractivity contribution in [1.82, 2.24) is 13.9 Å². The van der Waals surface area contributed by atoms with Crippen LogP contribution in [-0.4, -0.2) is 13.9 Å². The van der Waals surface area contributed by atoms with E-state index in [-0.39, 0.29) is 5.56 Å². The summed E-state index contributed by atoms with van der Waals surface area (Å²) in [5, 5.41) is 0. The van der Waals surface area contributed by atoms with Crippen molar-refractivity contribution in [1.29, 1.82) is 0 Å². The molecule has 0 N–H and O–H groups in total. The van der Waals surface area contributed by atoms with Crippen LogP contribution in [0.2, 0.25) is 0 Å². The Hall–Kier alpha value is -2.86. The van der Waals surface area contributed by atoms with Gasteiger partial charge in [0.2, 0.25) is 5.69 Å². The van der Waals surface area contributed by atoms with Crippen LogP contribution in [0.1, 0.15) is 17.9 Å². The van der Waals surface area contributed by atoms with E-state index in [9.17, 15) is 4.79 Å². The van der Waals surface area contributed by atoms with Crippen LogP contribution >= 0.6 is 15.9 Å². The molecule has 0 bridgehead atoms. The molecule has 0 saturated carbocycles. The third kappa shape index (κ3) is 2.82. The number of aromatic nitrogens is 4. The molecule has 0 amide bonds. The topological polar surface area (TPSA) is 35.7 Å². The Labute approximate surface area is 177 Å². The number of rotatable bonds is 3. The van der Waals surface area contributed by atoms with E-state index in [4.69, 9.17) is 0 Å². The Morgan fingerprint density at radius 2 is 1.76 bits per heavy atom. The van der Waals surface area contributed by atoms with Crippen molar-refractivity contribution in [3.63, 3.8) is 0 Å². The number of fused-ring (bicyclic) bond motifs is 1. The minimum absolute atomic E-state index is 0.00357. The maximum absolute atomic E-state index is 13.5. The average molecular weight is 450 g/mol. The molecule has 3 heterocycles. The molecule has 0 fully saturated rings. The number of hydrogen-bond acceptors (Lipinski definition) is 1. The summed E-state index contributed by atoms with van der Waals surface area (Å²) < 4.78 is 9.21. The first-order chi connectivity index (χ1) is 14.1. The molecule has 29 heavy (non-hydrogen) atoms. The molecule has 5 rings (SSSR count). The van der Waals surface area contributed by atoms with E-state index in [1.165, 1.54) is 5.82 Å². The number of para-hydroxylation sites is 1. The summed E-state index contributed by atoms with van der Waals surface area (Å²) in [5.41, 5.74) is 4.87. The molecule has 6 heteroatoms. The van der Waals surface area contributed by atoms with E-state index in [1.54, 1.807) is 4.68 Å². The second kappa shape index (κ2) is 6.88. The Bertz CT molecular complexity index is 1260. The monoisotopic (exact) mass is 449 g/mol. The standard InChI is InChI=1S/C23H22BrN4O/c1-16-22(23(29)28(25(16)2)19-7-4-3-5-8-19)27-15-20(26-14-6-9-21(26)27)17-10-12-18(24)13-11-17/h3-5,7-8,10-13,15H,6,9,14H2,1-2H3/q+1. The zero-order valence-corrected chi connectivity index (χ0v) is 18.1. The van der Waals surface area contributed by atoms with Gasteiger partial charge in [0.1, 0.15) is 6.20 Å². The predicted octanol–water partition coefficient (Wildman–Crippen LogP) is 3.94. The summed E-state index contributed by atoms with van der Waals surface area (Å²) in [6.45, 7) is 2.99. The summed E-state index contributed by atoms with van der Waals surface area (Å²) in [5.74, 6) is 1.19. The van der Waals surface area contributed by atoms with Crippen LogP contribution in [0, 0.1) is 6.92 Å². The quantitative estimate of drug-likeness (QED) is 0.436. The van der Waals surface area contributed by atoms with Gasteiger partial charge in [-0.2, -0.15) is 4.57 Å². The SMILES string of the molecule is Cc1c(-[n+]2cc(-c3ccc(Br)cc3)n3c2CCC3)c(=O)n(-c2ccccc2)n1C. The summed E-state index contributed by atoms with van der Waals surface area (Å²) >= 11 is 3.52. The van der Waals surface area contributed by atoms with Gasteiger partial charge in [-0.15, -0.1) is 0 Å². The molecule has 0 aliphatic carbocycles. The van der Waals surface area contributed by atoms with E-state index >= 15 is 0 Å². The van der Waals surface area contributed by atoms with E-state index in [0.717, 1.165) is 52.2 Å². The van der Waals surface area contributed by atoms with Crippen LogP contribution in [0.3, 0.4) is 0 Å². The smallest absolute Gasteiger partial charge is 0.281 e. The number of benzene rings is 2. The molecule has 0 saturated heterocycles. The zero-order valence-electron chi connectivity index (χ0n) is 16.5. The third-order valence-electron chi connectivity index (χ3n) is 5.82. The van der Waals surface area contributed by atoms with Crippen LogP contribution in [0.5, 0.6) is 0 Å². The van der Waals surface area contributed by atoms with Crippen molar-refractivity contribution < 1.29 is 4.57 Å². The molecular weight excluding hydrogens is 428 g/mol. The highest BCUT2D eigenvalue weighted by Crippen LogP contribution is 2.27. The first kappa shape index (κ1) is 18.2. The molecule has 4 aromatic rings. The van der Waals surface area contributed by atoms with Crippen LogP contribution < -0.4 is 10.1 Å². The summed E-state index contributed by atoms with van der Waals surface area (Å²) in [4.78, 5) is 13.5. The summed E-state index contributed by atoms with van der Waals surface area (Å²) in [6.07, 6.45) is 4.19. The fourth-order valence-electron chi connectivity index (χ4n) is 4.31. The fraction of sp³-hybridized carbons (Fsp3) is 0.217. The van der Waals surface area contributed by atoms with Gasteiger partial charge in [-0.3, -0.25) is 9.48 Å². The minimum atomic E-state index is 0.00357. The zero-order chi connectivity index (χ0) is 20.1. The van der Waals surface area contributed by atoms with Crippen molar-refractivity contribution in [2.45, 2.75) is 26.3 Å². The lowest BCUT2D eigenvalue weighted by molar-refractivity contribution is -0.604. The molecule has 146 valence electrons. The van der Waals surface area contributed by atoms with Crippen molar-refractivity contribution in [2.75, 3.05) is 0 Å². The van der Waals surface area contributed by atoms with Crippen LogP contribution in [0.25, 0.3) is 22.6 Å². The average Bonchev–Trinajstić information content (AvgIpc) is 3.38. The molecule has 1 aliphatic rings. The van der Waals surface area contributed by atoms with Gasteiger partial charge >= 0.3 is 5.56 Å². The molecule has 0 spiro atoms. The molecule has 2 aromatic carbocycles. The van der Waals surface area contributed by atoms with E-state index < -0.39 is 0 Å². The highest BCUT2D eigenvalue weighted by Gasteiger charge is 2.33. The van der Waals surface area contributed by atoms with Gasteiger partial charge in [0, 0.05) is 17.1 Å². The van der Waals surface area contributed by atoms with Crippen molar-refractivity contribution in [2.24, 2.45) is 7.05 Å². The lowest BCUT2D eigenvalue weighted by Gasteiger charge is -2.06. The first-order valence-corrected chi connectivity index (χ1v) is 10.6. The lowest BCUT2D eigenvalue weighted by atomic mass is 10.2. The number of halogens is 1. The maximum atomic E-state index is 13.5. The molecule has 0 atom stereocenters. The van der Waals surface area contributed by atoms with Gasteiger partial charge in [-0.1, -0.05) is 34.1 Å². The van der Waals surface area contributed by atoms with E-state index in [1.807, 2.05) is 49.0 Å². The minimum Gasteiger partial charge on any atom is -0.281 e. The molecule has 5 nitrogen and oxygen atoms in total. The molecule has 0 radical (unpaired) electrons. The number of imidazole rings is 1. The van der Waals surface area contributed by atoms with Gasteiger partial charge in [0.05, 0.1) is 24.3 Å². The van der Waals surface area contributed by atoms with Crippen molar-refractivity contribution in [3.8, 4) is 22.6 Å². The fourth-order valence-corrected chi connectivity index (χ4v) is 4.58. The third-order valence-corrected chi connectivity index (χ3v) is 6.35. The van der Waals surface area contributed by atoms with Gasteiger partial charge in [0.25, 0.3) is 5.82 Å². The van der Waals surface area contributed by atoms with Crippen LogP contribution in [0.4, 0.5) is 0 Å². The second-order valence-corrected chi connectivity index (χ2v) is 8.39. The van der Waals surface area contributed by atoms with Crippen LogP contribution in [-0.2, 0) is 20.0 Å². The van der Waals surface area contributed by atoms with Crippen molar-refractivity contribution in [3.05, 3.63) is 87.1 Å². The van der Waals surface area contributed by atoms with E-state index in [2.05, 4.69) is 55.5 Å². The first-order valence-electron chi connectivity index (χ1n) is 9.80. The van der Waals surface area contributed by atoms with Gasteiger partial charge in [-0.05, 0) is 49.7 Å². The Kier molecular flexibility index (Phi) is 4.32. The molecule has 2 aromatic heterocycles. The Morgan fingerprint density at radius 1 is 1.03 bits per heavy atom. The summed E-state index contributed by atoms with van der Waals surface area (Å²) in [6, 6.07) is 18.2. The molecular formula is C23H22BrN4O+. The Balaban J connectivity index is 1.73. The highest BCUT2D eigenvalue weighted by molar-refractivity contribution is 9.10. The second-order valence-electron chi connectivity index (χ2n) is 7.47. The van der Waals surface area contributed by atoms with Gasteiger partial charge in [-0.25, -0.2) is 9.25 Å². The molecule has 1 aliphatic heterocycles. The van der Waals surface area contributed by atoms with Crippen molar-refractivity contribution >= 4 is 15.9 Å².